The molecule has 1 aromatic carbocycles. The quantitative estimate of drug-likeness (QED) is 0.837. The summed E-state index contributed by atoms with van der Waals surface area (Å²) in [6.45, 7) is 5.02. The van der Waals surface area contributed by atoms with Crippen molar-refractivity contribution in [1.82, 2.24) is 10.3 Å². The fraction of sp³-hybridized carbons (Fsp3) is 0.267. The van der Waals surface area contributed by atoms with Crippen LogP contribution in [0.25, 0.3) is 0 Å². The third-order valence-electron chi connectivity index (χ3n) is 2.62. The lowest BCUT2D eigenvalue weighted by Gasteiger charge is -2.10. The van der Waals surface area contributed by atoms with E-state index >= 15 is 0 Å². The number of nitrogens with zero attached hydrogens (tertiary/aromatic N) is 1. The fourth-order valence-electron chi connectivity index (χ4n) is 1.61. The van der Waals surface area contributed by atoms with Crippen molar-refractivity contribution in [3.63, 3.8) is 0 Å². The van der Waals surface area contributed by atoms with E-state index in [4.69, 9.17) is 16.3 Å². The van der Waals surface area contributed by atoms with Crippen LogP contribution in [-0.4, -0.2) is 11.0 Å². The van der Waals surface area contributed by atoms with Gasteiger partial charge in [-0.3, -0.25) is 0 Å². The fourth-order valence-corrected chi connectivity index (χ4v) is 2.37. The first-order chi connectivity index (χ1) is 9.54. The zero-order valence-electron chi connectivity index (χ0n) is 11.4. The number of hydrogen-bond donors (Lipinski definition) is 1. The Balaban J connectivity index is 2.11. The number of hydrogen-bond acceptors (Lipinski definition) is 3. The Labute approximate surface area is 132 Å². The van der Waals surface area contributed by atoms with Gasteiger partial charge in [-0.15, -0.1) is 0 Å². The van der Waals surface area contributed by atoms with Crippen LogP contribution in [0.2, 0.25) is 5.02 Å². The SMILES string of the molecule is CC(C)NCc1ccnc(Oc2ccc(Cl)cc2Br)c1. The van der Waals surface area contributed by atoms with Crippen LogP contribution in [0.1, 0.15) is 19.4 Å². The molecule has 0 bridgehead atoms. The molecule has 1 heterocycles. The predicted octanol–water partition coefficient (Wildman–Crippen LogP) is 4.79. The molecule has 0 aliphatic rings. The van der Waals surface area contributed by atoms with E-state index in [0.717, 1.165) is 16.6 Å². The zero-order valence-corrected chi connectivity index (χ0v) is 13.7. The Kier molecular flexibility index (Phi) is 5.40. The maximum Gasteiger partial charge on any atom is 0.219 e. The lowest BCUT2D eigenvalue weighted by Crippen LogP contribution is -2.21. The van der Waals surface area contributed by atoms with Gasteiger partial charge in [0.05, 0.1) is 4.47 Å². The second-order valence-electron chi connectivity index (χ2n) is 4.71. The lowest BCUT2D eigenvalue weighted by atomic mass is 10.2. The summed E-state index contributed by atoms with van der Waals surface area (Å²) in [5.41, 5.74) is 1.13. The molecule has 0 fully saturated rings. The molecule has 0 unspecified atom stereocenters. The van der Waals surface area contributed by atoms with Crippen LogP contribution in [0.4, 0.5) is 0 Å². The highest BCUT2D eigenvalue weighted by molar-refractivity contribution is 9.10. The summed E-state index contributed by atoms with van der Waals surface area (Å²) in [7, 11) is 0. The van der Waals surface area contributed by atoms with Crippen LogP contribution in [-0.2, 0) is 6.54 Å². The summed E-state index contributed by atoms with van der Waals surface area (Å²) in [6.07, 6.45) is 1.75. The molecule has 0 amide bonds. The highest BCUT2D eigenvalue weighted by Crippen LogP contribution is 2.31. The average Bonchev–Trinajstić information content (AvgIpc) is 2.40. The molecule has 0 aliphatic carbocycles. The highest BCUT2D eigenvalue weighted by Gasteiger charge is 2.05. The first-order valence-corrected chi connectivity index (χ1v) is 7.53. The molecule has 2 rings (SSSR count). The first kappa shape index (κ1) is 15.3. The van der Waals surface area contributed by atoms with Crippen LogP contribution in [0.15, 0.2) is 41.0 Å². The minimum Gasteiger partial charge on any atom is -0.438 e. The molecule has 106 valence electrons. The van der Waals surface area contributed by atoms with E-state index in [1.54, 1.807) is 18.3 Å². The standard InChI is InChI=1S/C15H16BrClN2O/c1-10(2)19-9-11-5-6-18-15(7-11)20-14-4-3-12(17)8-13(14)16/h3-8,10,19H,9H2,1-2H3. The summed E-state index contributed by atoms with van der Waals surface area (Å²) in [5, 5.41) is 4.02. The van der Waals surface area contributed by atoms with Gasteiger partial charge >= 0.3 is 0 Å². The largest absolute Gasteiger partial charge is 0.438 e. The minimum atomic E-state index is 0.443. The van der Waals surface area contributed by atoms with Gasteiger partial charge in [0.15, 0.2) is 0 Å². The molecular formula is C15H16BrClN2O. The molecule has 0 spiro atoms. The van der Waals surface area contributed by atoms with Gasteiger partial charge in [-0.2, -0.15) is 0 Å². The summed E-state index contributed by atoms with van der Waals surface area (Å²) >= 11 is 9.33. The van der Waals surface area contributed by atoms with Gasteiger partial charge in [0.25, 0.3) is 0 Å². The Bertz CT molecular complexity index is 590. The van der Waals surface area contributed by atoms with Crippen molar-refractivity contribution in [1.29, 1.82) is 0 Å². The Morgan fingerprint density at radius 1 is 1.30 bits per heavy atom. The van der Waals surface area contributed by atoms with Crippen molar-refractivity contribution in [3.05, 3.63) is 51.6 Å². The van der Waals surface area contributed by atoms with E-state index in [0.29, 0.717) is 22.7 Å². The zero-order chi connectivity index (χ0) is 14.5. The number of ether oxygens (including phenoxy) is 1. The molecular weight excluding hydrogens is 340 g/mol. The van der Waals surface area contributed by atoms with Gasteiger partial charge in [-0.05, 0) is 45.8 Å². The maximum atomic E-state index is 5.91. The van der Waals surface area contributed by atoms with Crippen LogP contribution in [0, 0.1) is 0 Å². The van der Waals surface area contributed by atoms with Crippen LogP contribution >= 0.6 is 27.5 Å². The molecule has 0 aliphatic heterocycles. The second-order valence-corrected chi connectivity index (χ2v) is 6.01. The van der Waals surface area contributed by atoms with Crippen molar-refractivity contribution >= 4 is 27.5 Å². The lowest BCUT2D eigenvalue weighted by molar-refractivity contribution is 0.458. The molecule has 0 saturated heterocycles. The summed E-state index contributed by atoms with van der Waals surface area (Å²) < 4.78 is 6.57. The van der Waals surface area contributed by atoms with Crippen molar-refractivity contribution in [2.24, 2.45) is 0 Å². The van der Waals surface area contributed by atoms with E-state index in [1.807, 2.05) is 18.2 Å². The van der Waals surface area contributed by atoms with E-state index in [1.165, 1.54) is 0 Å². The minimum absolute atomic E-state index is 0.443. The van der Waals surface area contributed by atoms with E-state index in [-0.39, 0.29) is 0 Å². The van der Waals surface area contributed by atoms with Crippen LogP contribution in [0.3, 0.4) is 0 Å². The molecule has 3 nitrogen and oxygen atoms in total. The Morgan fingerprint density at radius 3 is 2.80 bits per heavy atom. The van der Waals surface area contributed by atoms with Crippen molar-refractivity contribution in [3.8, 4) is 11.6 Å². The predicted molar refractivity (Wildman–Crippen MR) is 85.4 cm³/mol. The van der Waals surface area contributed by atoms with Crippen molar-refractivity contribution < 1.29 is 4.74 Å². The number of halogens is 2. The molecule has 20 heavy (non-hydrogen) atoms. The smallest absolute Gasteiger partial charge is 0.219 e. The number of rotatable bonds is 5. The maximum absolute atomic E-state index is 5.91. The molecule has 0 radical (unpaired) electrons. The topological polar surface area (TPSA) is 34.2 Å². The van der Waals surface area contributed by atoms with Crippen molar-refractivity contribution in [2.45, 2.75) is 26.4 Å². The van der Waals surface area contributed by atoms with Crippen molar-refractivity contribution in [2.75, 3.05) is 0 Å². The summed E-state index contributed by atoms with van der Waals surface area (Å²) in [5.74, 6) is 1.26. The number of benzene rings is 1. The van der Waals surface area contributed by atoms with Gasteiger partial charge < -0.3 is 10.1 Å². The molecule has 2 aromatic rings. The van der Waals surface area contributed by atoms with Gasteiger partial charge in [-0.25, -0.2) is 4.98 Å². The van der Waals surface area contributed by atoms with Gasteiger partial charge in [-0.1, -0.05) is 25.4 Å². The summed E-state index contributed by atoms with van der Waals surface area (Å²) in [6, 6.07) is 9.73. The van der Waals surface area contributed by atoms with Gasteiger partial charge in [0.2, 0.25) is 5.88 Å². The van der Waals surface area contributed by atoms with Crippen LogP contribution in [0.5, 0.6) is 11.6 Å². The summed E-state index contributed by atoms with van der Waals surface area (Å²) in [4.78, 5) is 4.22. The third kappa shape index (κ3) is 4.47. The number of aromatic nitrogens is 1. The Hall–Kier alpha value is -1.10. The highest BCUT2D eigenvalue weighted by atomic mass is 79.9. The third-order valence-corrected chi connectivity index (χ3v) is 3.48. The first-order valence-electron chi connectivity index (χ1n) is 6.36. The van der Waals surface area contributed by atoms with E-state index in [2.05, 4.69) is 40.1 Å². The van der Waals surface area contributed by atoms with Gasteiger partial charge in [0.1, 0.15) is 5.75 Å². The van der Waals surface area contributed by atoms with Gasteiger partial charge in [0, 0.05) is 29.9 Å². The number of pyridine rings is 1. The number of nitrogens with one attached hydrogen (secondary N) is 1. The Morgan fingerprint density at radius 2 is 2.10 bits per heavy atom. The molecule has 0 atom stereocenters. The molecule has 5 heteroatoms. The second kappa shape index (κ2) is 7.07. The van der Waals surface area contributed by atoms with E-state index in [9.17, 15) is 0 Å². The monoisotopic (exact) mass is 354 g/mol. The van der Waals surface area contributed by atoms with Crippen LogP contribution < -0.4 is 10.1 Å². The molecule has 0 saturated carbocycles. The molecule has 1 aromatic heterocycles. The molecule has 1 N–H and O–H groups in total. The van der Waals surface area contributed by atoms with E-state index < -0.39 is 0 Å². The average molecular weight is 356 g/mol. The normalized spacial score (nSPS) is 10.8.